The van der Waals surface area contributed by atoms with Crippen molar-refractivity contribution < 1.29 is 4.74 Å². The SMILES string of the molecule is CN=CC(=CN)CN1CCC2(CC1)OCC(C)c1sc(Cl)cc12. The molecule has 1 unspecified atom stereocenters. The van der Waals surface area contributed by atoms with Crippen molar-refractivity contribution >= 4 is 29.2 Å². The molecule has 0 radical (unpaired) electrons. The van der Waals surface area contributed by atoms with Crippen LogP contribution in [0.15, 0.2) is 22.8 Å². The predicted octanol–water partition coefficient (Wildman–Crippen LogP) is 3.37. The fourth-order valence-corrected chi connectivity index (χ4v) is 4.95. The smallest absolute Gasteiger partial charge is 0.0967 e. The van der Waals surface area contributed by atoms with E-state index in [1.54, 1.807) is 24.6 Å². The zero-order chi connectivity index (χ0) is 16.4. The van der Waals surface area contributed by atoms with Crippen LogP contribution in [-0.4, -0.2) is 44.4 Å². The van der Waals surface area contributed by atoms with Gasteiger partial charge in [0.2, 0.25) is 0 Å². The summed E-state index contributed by atoms with van der Waals surface area (Å²) in [4.78, 5) is 7.89. The molecule has 0 amide bonds. The molecule has 2 aliphatic heterocycles. The van der Waals surface area contributed by atoms with E-state index in [0.717, 1.165) is 49.0 Å². The van der Waals surface area contributed by atoms with Gasteiger partial charge in [-0.15, -0.1) is 11.3 Å². The van der Waals surface area contributed by atoms with Gasteiger partial charge in [0.1, 0.15) is 0 Å². The van der Waals surface area contributed by atoms with Gasteiger partial charge >= 0.3 is 0 Å². The third-order valence-corrected chi connectivity index (χ3v) is 6.35. The zero-order valence-electron chi connectivity index (χ0n) is 13.7. The zero-order valence-corrected chi connectivity index (χ0v) is 15.3. The molecule has 0 aromatic carbocycles. The van der Waals surface area contributed by atoms with Crippen LogP contribution in [0.4, 0.5) is 0 Å². The van der Waals surface area contributed by atoms with E-state index in [-0.39, 0.29) is 5.60 Å². The van der Waals surface area contributed by atoms with Gasteiger partial charge in [0, 0.05) is 43.7 Å². The average molecular weight is 354 g/mol. The molecule has 1 spiro atoms. The molecule has 126 valence electrons. The number of likely N-dealkylation sites (tertiary alicyclic amines) is 1. The summed E-state index contributed by atoms with van der Waals surface area (Å²) in [6.45, 7) is 5.85. The Morgan fingerprint density at radius 3 is 2.96 bits per heavy atom. The number of rotatable bonds is 3. The molecule has 6 heteroatoms. The molecule has 1 aromatic rings. The lowest BCUT2D eigenvalue weighted by Crippen LogP contribution is -2.47. The van der Waals surface area contributed by atoms with E-state index < -0.39 is 0 Å². The number of thiophene rings is 1. The molecule has 4 nitrogen and oxygen atoms in total. The number of nitrogens with zero attached hydrogens (tertiary/aromatic N) is 2. The van der Waals surface area contributed by atoms with Crippen molar-refractivity contribution in [1.29, 1.82) is 0 Å². The third kappa shape index (κ3) is 3.33. The van der Waals surface area contributed by atoms with Crippen LogP contribution < -0.4 is 5.73 Å². The summed E-state index contributed by atoms with van der Waals surface area (Å²) in [5.74, 6) is 0.443. The van der Waals surface area contributed by atoms with Crippen LogP contribution in [0.2, 0.25) is 4.34 Å². The molecule has 3 rings (SSSR count). The molecule has 0 bridgehead atoms. The number of hydrogen-bond acceptors (Lipinski definition) is 5. The lowest BCUT2D eigenvalue weighted by molar-refractivity contribution is -0.102. The minimum absolute atomic E-state index is 0.145. The van der Waals surface area contributed by atoms with Crippen molar-refractivity contribution in [2.45, 2.75) is 31.3 Å². The highest BCUT2D eigenvalue weighted by molar-refractivity contribution is 7.16. The van der Waals surface area contributed by atoms with E-state index in [1.807, 2.05) is 6.21 Å². The van der Waals surface area contributed by atoms with Gasteiger partial charge in [-0.3, -0.25) is 9.89 Å². The predicted molar refractivity (Wildman–Crippen MR) is 97.7 cm³/mol. The maximum absolute atomic E-state index is 6.34. The summed E-state index contributed by atoms with van der Waals surface area (Å²) in [7, 11) is 1.77. The highest BCUT2D eigenvalue weighted by Gasteiger charge is 2.43. The Morgan fingerprint density at radius 1 is 1.57 bits per heavy atom. The standard InChI is InChI=1S/C17H24ClN3OS/c1-12-11-22-17(14-7-15(18)23-16(12)14)3-5-21(6-4-17)10-13(8-19)9-20-2/h7-9,12H,3-6,10-11,19H2,1-2H3. The molecule has 0 saturated carbocycles. The second-order valence-electron chi connectivity index (χ2n) is 6.44. The van der Waals surface area contributed by atoms with Gasteiger partial charge in [0.25, 0.3) is 0 Å². The number of ether oxygens (including phenoxy) is 1. The van der Waals surface area contributed by atoms with Gasteiger partial charge in [-0.1, -0.05) is 18.5 Å². The van der Waals surface area contributed by atoms with Gasteiger partial charge < -0.3 is 10.5 Å². The molecule has 2 N–H and O–H groups in total. The maximum atomic E-state index is 6.34. The van der Waals surface area contributed by atoms with Gasteiger partial charge in [-0.2, -0.15) is 0 Å². The van der Waals surface area contributed by atoms with Gasteiger partial charge in [-0.05, 0) is 36.2 Å². The van der Waals surface area contributed by atoms with E-state index in [1.165, 1.54) is 10.4 Å². The molecule has 1 fully saturated rings. The molecular formula is C17H24ClN3OS. The highest BCUT2D eigenvalue weighted by Crippen LogP contribution is 2.48. The third-order valence-electron chi connectivity index (χ3n) is 4.86. The van der Waals surface area contributed by atoms with Gasteiger partial charge in [0.15, 0.2) is 0 Å². The van der Waals surface area contributed by atoms with Crippen LogP contribution in [-0.2, 0) is 10.3 Å². The van der Waals surface area contributed by atoms with Crippen LogP contribution in [0, 0.1) is 0 Å². The summed E-state index contributed by atoms with van der Waals surface area (Å²) in [5, 5.41) is 0. The fourth-order valence-electron chi connectivity index (χ4n) is 3.58. The lowest BCUT2D eigenvalue weighted by atomic mass is 9.80. The molecule has 0 aliphatic carbocycles. The summed E-state index contributed by atoms with van der Waals surface area (Å²) < 4.78 is 7.22. The minimum atomic E-state index is -0.145. The first-order valence-corrected chi connectivity index (χ1v) is 9.26. The summed E-state index contributed by atoms with van der Waals surface area (Å²) in [5.41, 5.74) is 7.92. The first kappa shape index (κ1) is 17.0. The van der Waals surface area contributed by atoms with Crippen LogP contribution in [0.3, 0.4) is 0 Å². The maximum Gasteiger partial charge on any atom is 0.0967 e. The number of hydrogen-bond donors (Lipinski definition) is 1. The van der Waals surface area contributed by atoms with Gasteiger partial charge in [0.05, 0.1) is 16.5 Å². The Labute approximate surface area is 147 Å². The number of fused-ring (bicyclic) bond motifs is 2. The summed E-state index contributed by atoms with van der Waals surface area (Å²) in [6, 6.07) is 2.13. The van der Waals surface area contributed by atoms with E-state index >= 15 is 0 Å². The van der Waals surface area contributed by atoms with Crippen molar-refractivity contribution in [3.8, 4) is 0 Å². The minimum Gasteiger partial charge on any atom is -0.404 e. The molecule has 3 heterocycles. The monoisotopic (exact) mass is 353 g/mol. The number of halogens is 1. The normalized spacial score (nSPS) is 25.2. The topological polar surface area (TPSA) is 50.8 Å². The Hall–Kier alpha value is -0.880. The molecular weight excluding hydrogens is 330 g/mol. The molecule has 1 aromatic heterocycles. The van der Waals surface area contributed by atoms with E-state index in [4.69, 9.17) is 22.1 Å². The van der Waals surface area contributed by atoms with Crippen LogP contribution in [0.5, 0.6) is 0 Å². The Morgan fingerprint density at radius 2 is 2.30 bits per heavy atom. The van der Waals surface area contributed by atoms with Crippen molar-refractivity contribution in [2.75, 3.05) is 33.3 Å². The number of piperidine rings is 1. The van der Waals surface area contributed by atoms with Gasteiger partial charge in [-0.25, -0.2) is 0 Å². The van der Waals surface area contributed by atoms with Crippen molar-refractivity contribution in [3.05, 3.63) is 32.6 Å². The fraction of sp³-hybridized carbons (Fsp3) is 0.588. The first-order valence-electron chi connectivity index (χ1n) is 8.07. The van der Waals surface area contributed by atoms with Crippen LogP contribution >= 0.6 is 22.9 Å². The lowest BCUT2D eigenvalue weighted by Gasteiger charge is -2.45. The second-order valence-corrected chi connectivity index (χ2v) is 8.15. The van der Waals surface area contributed by atoms with E-state index in [9.17, 15) is 0 Å². The number of aliphatic imine (C=N–C) groups is 1. The number of nitrogens with two attached hydrogens (primary N) is 1. The Kier molecular flexibility index (Phi) is 5.11. The van der Waals surface area contributed by atoms with Crippen molar-refractivity contribution in [3.63, 3.8) is 0 Å². The van der Waals surface area contributed by atoms with E-state index in [0.29, 0.717) is 5.92 Å². The summed E-state index contributed by atoms with van der Waals surface area (Å²) in [6.07, 6.45) is 5.48. The molecule has 2 aliphatic rings. The molecule has 23 heavy (non-hydrogen) atoms. The Bertz CT molecular complexity index is 617. The largest absolute Gasteiger partial charge is 0.404 e. The van der Waals surface area contributed by atoms with Crippen molar-refractivity contribution in [2.24, 2.45) is 10.7 Å². The van der Waals surface area contributed by atoms with Crippen LogP contribution in [0.25, 0.3) is 0 Å². The highest BCUT2D eigenvalue weighted by atomic mass is 35.5. The summed E-state index contributed by atoms with van der Waals surface area (Å²) >= 11 is 8.00. The van der Waals surface area contributed by atoms with Crippen molar-refractivity contribution in [1.82, 2.24) is 4.90 Å². The molecule has 1 atom stereocenters. The van der Waals surface area contributed by atoms with E-state index in [2.05, 4.69) is 22.9 Å². The first-order chi connectivity index (χ1) is 11.1. The quantitative estimate of drug-likeness (QED) is 0.847. The van der Waals surface area contributed by atoms with Crippen LogP contribution in [0.1, 0.15) is 36.1 Å². The molecule has 1 saturated heterocycles. The second kappa shape index (κ2) is 6.93. The average Bonchev–Trinajstić information content (AvgIpc) is 2.96. The Balaban J connectivity index is 1.72.